The number of hydrogen-bond acceptors (Lipinski definition) is 5. The average molecular weight is 284 g/mol. The van der Waals surface area contributed by atoms with Crippen molar-refractivity contribution in [2.75, 3.05) is 25.9 Å². The Bertz CT molecular complexity index is 559. The van der Waals surface area contributed by atoms with Crippen LogP contribution in [0.5, 0.6) is 0 Å². The molecule has 7 heteroatoms. The van der Waals surface area contributed by atoms with Crippen molar-refractivity contribution in [2.24, 2.45) is 0 Å². The first kappa shape index (κ1) is 14.2. The molecule has 2 rings (SSSR count). The molecule has 0 aromatic carbocycles. The SMILES string of the molecule is CNC1CCCN(S(=O)(=O)c2cc(C)cnc2N)C1. The van der Waals surface area contributed by atoms with Gasteiger partial charge >= 0.3 is 0 Å². The van der Waals surface area contributed by atoms with Gasteiger partial charge in [-0.1, -0.05) is 0 Å². The third kappa shape index (κ3) is 2.88. The van der Waals surface area contributed by atoms with Crippen LogP contribution in [0.15, 0.2) is 17.2 Å². The largest absolute Gasteiger partial charge is 0.383 e. The van der Waals surface area contributed by atoms with Crippen molar-refractivity contribution >= 4 is 15.8 Å². The molecule has 0 aliphatic carbocycles. The Morgan fingerprint density at radius 3 is 2.95 bits per heavy atom. The molecule has 3 N–H and O–H groups in total. The van der Waals surface area contributed by atoms with E-state index in [9.17, 15) is 8.42 Å². The minimum Gasteiger partial charge on any atom is -0.383 e. The first-order valence-electron chi connectivity index (χ1n) is 6.34. The number of anilines is 1. The Morgan fingerprint density at radius 1 is 1.53 bits per heavy atom. The lowest BCUT2D eigenvalue weighted by molar-refractivity contribution is 0.293. The van der Waals surface area contributed by atoms with E-state index in [1.807, 2.05) is 7.05 Å². The summed E-state index contributed by atoms with van der Waals surface area (Å²) in [6.45, 7) is 2.82. The maximum Gasteiger partial charge on any atom is 0.246 e. The highest BCUT2D eigenvalue weighted by Crippen LogP contribution is 2.24. The number of rotatable bonds is 3. The number of pyridine rings is 1. The van der Waals surface area contributed by atoms with Crippen LogP contribution in [-0.4, -0.2) is 43.9 Å². The Hall–Kier alpha value is -1.18. The molecule has 2 heterocycles. The van der Waals surface area contributed by atoms with E-state index in [1.54, 1.807) is 19.2 Å². The molecule has 0 bridgehead atoms. The van der Waals surface area contributed by atoms with E-state index < -0.39 is 10.0 Å². The quantitative estimate of drug-likeness (QED) is 0.836. The lowest BCUT2D eigenvalue weighted by Crippen LogP contribution is -2.47. The second-order valence-corrected chi connectivity index (χ2v) is 6.79. The Kier molecular flexibility index (Phi) is 4.07. The molecule has 6 nitrogen and oxygen atoms in total. The van der Waals surface area contributed by atoms with Crippen molar-refractivity contribution in [3.8, 4) is 0 Å². The van der Waals surface area contributed by atoms with Gasteiger partial charge < -0.3 is 11.1 Å². The molecule has 1 aromatic rings. The fourth-order valence-electron chi connectivity index (χ4n) is 2.30. The minimum absolute atomic E-state index is 0.0668. The average Bonchev–Trinajstić information content (AvgIpc) is 2.41. The number of nitrogens with zero attached hydrogens (tertiary/aromatic N) is 2. The van der Waals surface area contributed by atoms with E-state index in [4.69, 9.17) is 5.73 Å². The van der Waals surface area contributed by atoms with Gasteiger partial charge in [-0.25, -0.2) is 13.4 Å². The summed E-state index contributed by atoms with van der Waals surface area (Å²) >= 11 is 0. The predicted molar refractivity (Wildman–Crippen MR) is 74.2 cm³/mol. The Labute approximate surface area is 114 Å². The van der Waals surface area contributed by atoms with E-state index >= 15 is 0 Å². The van der Waals surface area contributed by atoms with Gasteiger partial charge in [-0.3, -0.25) is 0 Å². The number of nitrogens with two attached hydrogens (primary N) is 1. The molecule has 106 valence electrons. The zero-order chi connectivity index (χ0) is 14.0. The van der Waals surface area contributed by atoms with E-state index in [2.05, 4.69) is 10.3 Å². The van der Waals surface area contributed by atoms with Gasteiger partial charge in [0, 0.05) is 25.3 Å². The predicted octanol–water partition coefficient (Wildman–Crippen LogP) is 0.345. The second kappa shape index (κ2) is 5.44. The molecule has 19 heavy (non-hydrogen) atoms. The molecule has 1 aliphatic rings. The minimum atomic E-state index is -3.55. The smallest absolute Gasteiger partial charge is 0.246 e. The van der Waals surface area contributed by atoms with Gasteiger partial charge in [0.15, 0.2) is 0 Å². The lowest BCUT2D eigenvalue weighted by atomic mass is 10.1. The summed E-state index contributed by atoms with van der Waals surface area (Å²) in [5.74, 6) is 0.0668. The van der Waals surface area contributed by atoms with Gasteiger partial charge in [0.25, 0.3) is 0 Å². The summed E-state index contributed by atoms with van der Waals surface area (Å²) in [5, 5.41) is 3.13. The van der Waals surface area contributed by atoms with E-state index in [1.165, 1.54) is 4.31 Å². The second-order valence-electron chi connectivity index (χ2n) is 4.89. The number of likely N-dealkylation sites (N-methyl/N-ethyl adjacent to an activating group) is 1. The number of piperidine rings is 1. The fraction of sp³-hybridized carbons (Fsp3) is 0.583. The molecule has 1 fully saturated rings. The molecule has 0 radical (unpaired) electrons. The molecule has 1 saturated heterocycles. The molecule has 1 unspecified atom stereocenters. The highest BCUT2D eigenvalue weighted by atomic mass is 32.2. The maximum atomic E-state index is 12.6. The van der Waals surface area contributed by atoms with E-state index in [0.29, 0.717) is 13.1 Å². The fourth-order valence-corrected chi connectivity index (χ4v) is 3.97. The zero-order valence-corrected chi connectivity index (χ0v) is 12.1. The number of nitrogens with one attached hydrogen (secondary N) is 1. The highest BCUT2D eigenvalue weighted by molar-refractivity contribution is 7.89. The van der Waals surface area contributed by atoms with Crippen LogP contribution >= 0.6 is 0 Å². The topological polar surface area (TPSA) is 88.3 Å². The third-order valence-electron chi connectivity index (χ3n) is 3.43. The van der Waals surface area contributed by atoms with Crippen LogP contribution in [0, 0.1) is 6.92 Å². The van der Waals surface area contributed by atoms with Crippen LogP contribution < -0.4 is 11.1 Å². The van der Waals surface area contributed by atoms with Gasteiger partial charge in [0.2, 0.25) is 10.0 Å². The summed E-state index contributed by atoms with van der Waals surface area (Å²) in [6, 6.07) is 1.78. The maximum absolute atomic E-state index is 12.6. The van der Waals surface area contributed by atoms with Gasteiger partial charge in [0.05, 0.1) is 0 Å². The zero-order valence-electron chi connectivity index (χ0n) is 11.3. The first-order valence-corrected chi connectivity index (χ1v) is 7.78. The van der Waals surface area contributed by atoms with Crippen molar-refractivity contribution in [1.29, 1.82) is 0 Å². The number of sulfonamides is 1. The monoisotopic (exact) mass is 284 g/mol. The van der Waals surface area contributed by atoms with Gasteiger partial charge in [-0.05, 0) is 38.4 Å². The first-order chi connectivity index (χ1) is 8.95. The molecular formula is C12H20N4O2S. The van der Waals surface area contributed by atoms with Crippen LogP contribution in [0.25, 0.3) is 0 Å². The highest BCUT2D eigenvalue weighted by Gasteiger charge is 2.31. The van der Waals surface area contributed by atoms with Gasteiger partial charge in [-0.15, -0.1) is 0 Å². The molecule has 1 aliphatic heterocycles. The summed E-state index contributed by atoms with van der Waals surface area (Å²) < 4.78 is 26.7. The number of hydrogen-bond donors (Lipinski definition) is 2. The molecule has 0 amide bonds. The lowest BCUT2D eigenvalue weighted by Gasteiger charge is -2.31. The van der Waals surface area contributed by atoms with Crippen molar-refractivity contribution in [2.45, 2.75) is 30.7 Å². The number of nitrogen functional groups attached to an aromatic ring is 1. The molecule has 1 aromatic heterocycles. The van der Waals surface area contributed by atoms with E-state index in [0.717, 1.165) is 18.4 Å². The Balaban J connectivity index is 2.34. The van der Waals surface area contributed by atoms with Crippen LogP contribution in [0.4, 0.5) is 5.82 Å². The summed E-state index contributed by atoms with van der Waals surface area (Å²) in [6.07, 6.45) is 3.41. The van der Waals surface area contributed by atoms with Crippen molar-refractivity contribution in [1.82, 2.24) is 14.6 Å². The van der Waals surface area contributed by atoms with Crippen LogP contribution in [0.3, 0.4) is 0 Å². The van der Waals surface area contributed by atoms with Crippen LogP contribution in [-0.2, 0) is 10.0 Å². The third-order valence-corrected chi connectivity index (χ3v) is 5.32. The molecule has 1 atom stereocenters. The van der Waals surface area contributed by atoms with Crippen molar-refractivity contribution in [3.63, 3.8) is 0 Å². The summed E-state index contributed by atoms with van der Waals surface area (Å²) in [4.78, 5) is 4.05. The van der Waals surface area contributed by atoms with Gasteiger partial charge in [0.1, 0.15) is 10.7 Å². The Morgan fingerprint density at radius 2 is 2.26 bits per heavy atom. The van der Waals surface area contributed by atoms with Crippen LogP contribution in [0.1, 0.15) is 18.4 Å². The normalized spacial score (nSPS) is 21.5. The number of aryl methyl sites for hydroxylation is 1. The van der Waals surface area contributed by atoms with Crippen molar-refractivity contribution < 1.29 is 8.42 Å². The molecule has 0 spiro atoms. The van der Waals surface area contributed by atoms with Crippen LogP contribution in [0.2, 0.25) is 0 Å². The van der Waals surface area contributed by atoms with Crippen molar-refractivity contribution in [3.05, 3.63) is 17.8 Å². The van der Waals surface area contributed by atoms with Gasteiger partial charge in [-0.2, -0.15) is 4.31 Å². The number of aromatic nitrogens is 1. The summed E-state index contributed by atoms with van der Waals surface area (Å²) in [7, 11) is -1.70. The summed E-state index contributed by atoms with van der Waals surface area (Å²) in [5.41, 5.74) is 6.50. The molecule has 0 saturated carbocycles. The van der Waals surface area contributed by atoms with E-state index in [-0.39, 0.29) is 16.8 Å². The standard InChI is InChI=1S/C12H20N4O2S/c1-9-6-11(12(13)15-7-9)19(17,18)16-5-3-4-10(8-16)14-2/h6-7,10,14H,3-5,8H2,1-2H3,(H2,13,15). The molecular weight excluding hydrogens is 264 g/mol.